The zero-order chi connectivity index (χ0) is 12.8. The van der Waals surface area contributed by atoms with Gasteiger partial charge in [0.15, 0.2) is 0 Å². The van der Waals surface area contributed by atoms with E-state index in [-0.39, 0.29) is 24.6 Å². The summed E-state index contributed by atoms with van der Waals surface area (Å²) in [7, 11) is -1.88. The number of carboxylic acid groups (broad SMARTS) is 1. The number of aliphatic carboxylic acids is 1. The van der Waals surface area contributed by atoms with Crippen LogP contribution in [0.2, 0.25) is 0 Å². The molecule has 0 bridgehead atoms. The molecule has 0 radical (unpaired) electrons. The molecule has 0 heterocycles. The lowest BCUT2D eigenvalue weighted by atomic mass is 10.1. The molecule has 0 aliphatic carbocycles. The summed E-state index contributed by atoms with van der Waals surface area (Å²) in [5, 5.41) is 8.47. The van der Waals surface area contributed by atoms with Gasteiger partial charge in [-0.05, 0) is 12.3 Å². The highest BCUT2D eigenvalue weighted by Gasteiger charge is 2.21. The summed E-state index contributed by atoms with van der Waals surface area (Å²) in [5.74, 6) is -0.775. The van der Waals surface area contributed by atoms with Crippen LogP contribution in [0.15, 0.2) is 0 Å². The highest BCUT2D eigenvalue weighted by atomic mass is 32.2. The second-order valence-corrected chi connectivity index (χ2v) is 6.26. The highest BCUT2D eigenvalue weighted by Crippen LogP contribution is 2.11. The van der Waals surface area contributed by atoms with Gasteiger partial charge in [0.2, 0.25) is 10.0 Å². The third kappa shape index (κ3) is 6.07. The van der Waals surface area contributed by atoms with E-state index >= 15 is 0 Å². The summed E-state index contributed by atoms with van der Waals surface area (Å²) in [6, 6.07) is 0. The van der Waals surface area contributed by atoms with E-state index in [1.807, 2.05) is 13.8 Å². The van der Waals surface area contributed by atoms with E-state index in [9.17, 15) is 13.2 Å². The first-order valence-corrected chi connectivity index (χ1v) is 7.06. The van der Waals surface area contributed by atoms with E-state index in [0.29, 0.717) is 0 Å². The topological polar surface area (TPSA) is 74.7 Å². The fourth-order valence-electron chi connectivity index (χ4n) is 1.46. The van der Waals surface area contributed by atoms with Crippen LogP contribution in [-0.2, 0) is 14.8 Å². The SMILES string of the molecule is CCCC(C)CS(=O)(=O)N(C)CCC(=O)O. The molecule has 1 unspecified atom stereocenters. The largest absolute Gasteiger partial charge is 0.481 e. The van der Waals surface area contributed by atoms with Crippen molar-refractivity contribution in [3.8, 4) is 0 Å². The monoisotopic (exact) mass is 251 g/mol. The molecule has 96 valence electrons. The van der Waals surface area contributed by atoms with Gasteiger partial charge in [0, 0.05) is 13.6 Å². The van der Waals surface area contributed by atoms with Gasteiger partial charge >= 0.3 is 5.97 Å². The third-order valence-electron chi connectivity index (χ3n) is 2.39. The molecule has 5 nitrogen and oxygen atoms in total. The minimum absolute atomic E-state index is 0.0382. The molecule has 0 aromatic heterocycles. The number of rotatable bonds is 8. The van der Waals surface area contributed by atoms with Gasteiger partial charge in [-0.25, -0.2) is 12.7 Å². The van der Waals surface area contributed by atoms with E-state index < -0.39 is 16.0 Å². The van der Waals surface area contributed by atoms with Gasteiger partial charge in [-0.1, -0.05) is 20.3 Å². The number of hydrogen-bond donors (Lipinski definition) is 1. The van der Waals surface area contributed by atoms with Crippen LogP contribution in [0.5, 0.6) is 0 Å². The van der Waals surface area contributed by atoms with Crippen molar-refractivity contribution >= 4 is 16.0 Å². The van der Waals surface area contributed by atoms with E-state index in [1.54, 1.807) is 0 Å². The van der Waals surface area contributed by atoms with Crippen molar-refractivity contribution in [3.63, 3.8) is 0 Å². The standard InChI is InChI=1S/C10H21NO4S/c1-4-5-9(2)8-16(14,15)11(3)7-6-10(12)13/h9H,4-8H2,1-3H3,(H,12,13). The molecule has 0 rings (SSSR count). The Kier molecular flexibility index (Phi) is 6.59. The molecular formula is C10H21NO4S. The van der Waals surface area contributed by atoms with Gasteiger partial charge in [-0.3, -0.25) is 4.79 Å². The number of hydrogen-bond acceptors (Lipinski definition) is 3. The lowest BCUT2D eigenvalue weighted by molar-refractivity contribution is -0.137. The predicted octanol–water partition coefficient (Wildman–Crippen LogP) is 1.16. The molecule has 0 amide bonds. The van der Waals surface area contributed by atoms with Crippen molar-refractivity contribution in [2.24, 2.45) is 5.92 Å². The highest BCUT2D eigenvalue weighted by molar-refractivity contribution is 7.89. The van der Waals surface area contributed by atoms with Crippen molar-refractivity contribution in [3.05, 3.63) is 0 Å². The fraction of sp³-hybridized carbons (Fsp3) is 0.900. The first kappa shape index (κ1) is 15.4. The van der Waals surface area contributed by atoms with Gasteiger partial charge in [0.25, 0.3) is 0 Å². The number of sulfonamides is 1. The zero-order valence-electron chi connectivity index (χ0n) is 10.1. The minimum Gasteiger partial charge on any atom is -0.481 e. The third-order valence-corrected chi connectivity index (χ3v) is 4.51. The molecule has 0 saturated heterocycles. The van der Waals surface area contributed by atoms with E-state index in [1.165, 1.54) is 7.05 Å². The normalized spacial score (nSPS) is 14.0. The van der Waals surface area contributed by atoms with Crippen molar-refractivity contribution < 1.29 is 18.3 Å². The second kappa shape index (κ2) is 6.85. The molecule has 0 aliphatic heterocycles. The Hall–Kier alpha value is -0.620. The average Bonchev–Trinajstić information content (AvgIpc) is 2.13. The van der Waals surface area contributed by atoms with Gasteiger partial charge in [0.1, 0.15) is 0 Å². The smallest absolute Gasteiger partial charge is 0.304 e. The van der Waals surface area contributed by atoms with Gasteiger partial charge in [-0.2, -0.15) is 0 Å². The van der Waals surface area contributed by atoms with Crippen LogP contribution in [-0.4, -0.2) is 43.1 Å². The summed E-state index contributed by atoms with van der Waals surface area (Å²) in [6.07, 6.45) is 1.67. The number of carbonyl (C=O) groups is 1. The molecule has 0 aromatic rings. The van der Waals surface area contributed by atoms with Crippen molar-refractivity contribution in [2.75, 3.05) is 19.3 Å². The van der Waals surface area contributed by atoms with Crippen molar-refractivity contribution in [2.45, 2.75) is 33.1 Å². The van der Waals surface area contributed by atoms with Crippen LogP contribution < -0.4 is 0 Å². The van der Waals surface area contributed by atoms with E-state index in [0.717, 1.165) is 17.1 Å². The molecule has 0 spiro atoms. The Morgan fingerprint density at radius 2 is 2.00 bits per heavy atom. The van der Waals surface area contributed by atoms with Crippen LogP contribution >= 0.6 is 0 Å². The van der Waals surface area contributed by atoms with Gasteiger partial charge < -0.3 is 5.11 Å². The summed E-state index contributed by atoms with van der Waals surface area (Å²) >= 11 is 0. The molecule has 0 fully saturated rings. The van der Waals surface area contributed by atoms with E-state index in [2.05, 4.69) is 0 Å². The molecule has 16 heavy (non-hydrogen) atoms. The average molecular weight is 251 g/mol. The molecule has 1 atom stereocenters. The molecule has 0 aliphatic rings. The lowest BCUT2D eigenvalue weighted by Gasteiger charge is -2.18. The first-order chi connectivity index (χ1) is 7.29. The van der Waals surface area contributed by atoms with Crippen molar-refractivity contribution in [1.82, 2.24) is 4.31 Å². The van der Waals surface area contributed by atoms with Crippen molar-refractivity contribution in [1.29, 1.82) is 0 Å². The molecule has 1 N–H and O–H groups in total. The predicted molar refractivity (Wildman–Crippen MR) is 62.7 cm³/mol. The Morgan fingerprint density at radius 3 is 2.44 bits per heavy atom. The van der Waals surface area contributed by atoms with Crippen LogP contribution in [0.4, 0.5) is 0 Å². The maximum Gasteiger partial charge on any atom is 0.304 e. The molecule has 0 aromatic carbocycles. The first-order valence-electron chi connectivity index (χ1n) is 5.45. The summed E-state index contributed by atoms with van der Waals surface area (Å²) in [6.45, 7) is 3.94. The summed E-state index contributed by atoms with van der Waals surface area (Å²) < 4.78 is 24.7. The maximum atomic E-state index is 11.8. The van der Waals surface area contributed by atoms with Crippen LogP contribution in [0.3, 0.4) is 0 Å². The quantitative estimate of drug-likeness (QED) is 0.702. The van der Waals surface area contributed by atoms with Crippen LogP contribution in [0.1, 0.15) is 33.1 Å². The van der Waals surface area contributed by atoms with Crippen LogP contribution in [0.25, 0.3) is 0 Å². The van der Waals surface area contributed by atoms with Gasteiger partial charge in [-0.15, -0.1) is 0 Å². The number of carboxylic acids is 1. The van der Waals surface area contributed by atoms with Crippen LogP contribution in [0, 0.1) is 5.92 Å². The molecular weight excluding hydrogens is 230 g/mol. The summed E-state index contributed by atoms with van der Waals surface area (Å²) in [4.78, 5) is 10.3. The lowest BCUT2D eigenvalue weighted by Crippen LogP contribution is -2.33. The Labute approximate surface area is 97.5 Å². The second-order valence-electron chi connectivity index (χ2n) is 4.14. The zero-order valence-corrected chi connectivity index (χ0v) is 11.0. The number of nitrogens with zero attached hydrogens (tertiary/aromatic N) is 1. The Morgan fingerprint density at radius 1 is 1.44 bits per heavy atom. The minimum atomic E-state index is -3.31. The molecule has 6 heteroatoms. The Bertz CT molecular complexity index is 313. The fourth-order valence-corrected chi connectivity index (χ4v) is 2.96. The molecule has 0 saturated carbocycles. The van der Waals surface area contributed by atoms with Gasteiger partial charge in [0.05, 0.1) is 12.2 Å². The summed E-state index contributed by atoms with van der Waals surface area (Å²) in [5.41, 5.74) is 0. The maximum absolute atomic E-state index is 11.8. The Balaban J connectivity index is 4.25. The van der Waals surface area contributed by atoms with E-state index in [4.69, 9.17) is 5.11 Å².